The van der Waals surface area contributed by atoms with Crippen LogP contribution in [0.4, 0.5) is 4.79 Å². The molecule has 0 aromatic rings. The molecule has 1 N–H and O–H groups in total. The van der Waals surface area contributed by atoms with Crippen molar-refractivity contribution in [3.05, 3.63) is 0 Å². The molecule has 0 aromatic carbocycles. The van der Waals surface area contributed by atoms with E-state index in [1.807, 2.05) is 0 Å². The lowest BCUT2D eigenvalue weighted by Gasteiger charge is -2.27. The molecule has 0 aliphatic rings. The van der Waals surface area contributed by atoms with Crippen molar-refractivity contribution < 1.29 is 9.59 Å². The van der Waals surface area contributed by atoms with Crippen molar-refractivity contribution in [3.63, 3.8) is 0 Å². The maximum atomic E-state index is 11.8. The molecule has 0 spiro atoms. The van der Waals surface area contributed by atoms with E-state index in [2.05, 4.69) is 26.1 Å². The van der Waals surface area contributed by atoms with E-state index in [0.29, 0.717) is 18.9 Å². The van der Waals surface area contributed by atoms with E-state index in [9.17, 15) is 9.59 Å². The van der Waals surface area contributed by atoms with Crippen molar-refractivity contribution in [3.8, 4) is 0 Å². The maximum absolute atomic E-state index is 11.8. The zero-order valence-electron chi connectivity index (χ0n) is 11.7. The van der Waals surface area contributed by atoms with Gasteiger partial charge in [-0.25, -0.2) is 4.79 Å². The number of urea groups is 1. The third-order valence-electron chi connectivity index (χ3n) is 2.76. The van der Waals surface area contributed by atoms with Gasteiger partial charge in [0, 0.05) is 13.6 Å². The van der Waals surface area contributed by atoms with Crippen LogP contribution < -0.4 is 5.32 Å². The average Bonchev–Trinajstić information content (AvgIpc) is 2.24. The van der Waals surface area contributed by atoms with Gasteiger partial charge in [0.1, 0.15) is 0 Å². The number of hydrogen-bond acceptors (Lipinski definition) is 2. The molecular formula is C13H26N2O2. The second kappa shape index (κ2) is 8.09. The van der Waals surface area contributed by atoms with Crippen LogP contribution in [0.2, 0.25) is 0 Å². The lowest BCUT2D eigenvalue weighted by Crippen LogP contribution is -2.47. The summed E-state index contributed by atoms with van der Waals surface area (Å²) in [7, 11) is 1.69. The molecule has 1 atom stereocenters. The lowest BCUT2D eigenvalue weighted by atomic mass is 10.00. The molecule has 0 radical (unpaired) electrons. The molecule has 4 nitrogen and oxygen atoms in total. The van der Waals surface area contributed by atoms with E-state index in [4.69, 9.17) is 0 Å². The highest BCUT2D eigenvalue weighted by Crippen LogP contribution is 2.11. The maximum Gasteiger partial charge on any atom is 0.317 e. The van der Waals surface area contributed by atoms with Crippen molar-refractivity contribution in [2.24, 2.45) is 5.92 Å². The molecule has 0 heterocycles. The van der Waals surface area contributed by atoms with Gasteiger partial charge in [0.2, 0.25) is 0 Å². The standard InChI is InChI=1S/C13H26N2O2/c1-6-7-8-14-13(17)15(5)12(11(4)16)9-10(2)3/h10,12H,6-9H2,1-5H3,(H,14,17)/t12-/m1/s1. The first-order valence-electron chi connectivity index (χ1n) is 6.41. The molecule has 0 unspecified atom stereocenters. The van der Waals surface area contributed by atoms with Gasteiger partial charge in [-0.1, -0.05) is 27.2 Å². The molecule has 0 saturated heterocycles. The molecular weight excluding hydrogens is 216 g/mol. The number of carbonyl (C=O) groups excluding carboxylic acids is 2. The average molecular weight is 242 g/mol. The minimum atomic E-state index is -0.309. The summed E-state index contributed by atoms with van der Waals surface area (Å²) in [6.45, 7) is 8.40. The Kier molecular flexibility index (Phi) is 7.59. The van der Waals surface area contributed by atoms with Gasteiger partial charge < -0.3 is 10.2 Å². The molecule has 2 amide bonds. The van der Waals surface area contributed by atoms with Gasteiger partial charge in [-0.3, -0.25) is 4.79 Å². The number of unbranched alkanes of at least 4 members (excludes halogenated alkanes) is 1. The molecule has 0 saturated carbocycles. The van der Waals surface area contributed by atoms with Crippen LogP contribution in [-0.2, 0) is 4.79 Å². The summed E-state index contributed by atoms with van der Waals surface area (Å²) in [5.74, 6) is 0.446. The van der Waals surface area contributed by atoms with Gasteiger partial charge in [-0.05, 0) is 25.7 Å². The second-order valence-corrected chi connectivity index (χ2v) is 4.95. The minimum absolute atomic E-state index is 0.0480. The Morgan fingerprint density at radius 1 is 1.29 bits per heavy atom. The minimum Gasteiger partial charge on any atom is -0.338 e. The van der Waals surface area contributed by atoms with Crippen molar-refractivity contribution in [2.75, 3.05) is 13.6 Å². The number of amides is 2. The normalized spacial score (nSPS) is 12.4. The highest BCUT2D eigenvalue weighted by Gasteiger charge is 2.24. The second-order valence-electron chi connectivity index (χ2n) is 4.95. The van der Waals surface area contributed by atoms with Crippen LogP contribution in [0.5, 0.6) is 0 Å². The Labute approximate surface area is 105 Å². The van der Waals surface area contributed by atoms with Gasteiger partial charge in [0.05, 0.1) is 6.04 Å². The van der Waals surface area contributed by atoms with E-state index in [-0.39, 0.29) is 17.9 Å². The van der Waals surface area contributed by atoms with Gasteiger partial charge in [0.25, 0.3) is 0 Å². The first-order chi connectivity index (χ1) is 7.90. The molecule has 4 heteroatoms. The number of rotatable bonds is 7. The van der Waals surface area contributed by atoms with Gasteiger partial charge >= 0.3 is 6.03 Å². The van der Waals surface area contributed by atoms with Crippen LogP contribution in [0.3, 0.4) is 0 Å². The van der Waals surface area contributed by atoms with Crippen LogP contribution >= 0.6 is 0 Å². The van der Waals surface area contributed by atoms with Crippen LogP contribution in [0, 0.1) is 5.92 Å². The summed E-state index contributed by atoms with van der Waals surface area (Å²) in [5, 5.41) is 2.83. The fourth-order valence-electron chi connectivity index (χ4n) is 1.68. The first-order valence-corrected chi connectivity index (χ1v) is 6.41. The van der Waals surface area contributed by atoms with Crippen molar-refractivity contribution in [1.82, 2.24) is 10.2 Å². The molecule has 17 heavy (non-hydrogen) atoms. The summed E-state index contributed by atoms with van der Waals surface area (Å²) < 4.78 is 0. The Morgan fingerprint density at radius 2 is 1.88 bits per heavy atom. The third-order valence-corrected chi connectivity index (χ3v) is 2.76. The van der Waals surface area contributed by atoms with Crippen LogP contribution in [0.25, 0.3) is 0 Å². The number of hydrogen-bond donors (Lipinski definition) is 1. The monoisotopic (exact) mass is 242 g/mol. The zero-order chi connectivity index (χ0) is 13.4. The molecule has 0 aromatic heterocycles. The summed E-state index contributed by atoms with van der Waals surface area (Å²) in [4.78, 5) is 24.9. The molecule has 0 fully saturated rings. The van der Waals surface area contributed by atoms with Crippen molar-refractivity contribution >= 4 is 11.8 Å². The van der Waals surface area contributed by atoms with E-state index in [1.165, 1.54) is 4.90 Å². The van der Waals surface area contributed by atoms with E-state index < -0.39 is 0 Å². The smallest absolute Gasteiger partial charge is 0.317 e. The number of likely N-dealkylation sites (N-methyl/N-ethyl adjacent to an activating group) is 1. The van der Waals surface area contributed by atoms with Crippen molar-refractivity contribution in [1.29, 1.82) is 0 Å². The SMILES string of the molecule is CCCCNC(=O)N(C)[C@H](CC(C)C)C(C)=O. The summed E-state index contributed by atoms with van der Waals surface area (Å²) in [5.41, 5.74) is 0. The third kappa shape index (κ3) is 6.29. The number of nitrogens with one attached hydrogen (secondary N) is 1. The number of Topliss-reactive ketones (excluding diaryl/α,β-unsaturated/α-hetero) is 1. The Morgan fingerprint density at radius 3 is 2.29 bits per heavy atom. The molecule has 0 aliphatic heterocycles. The number of ketones is 1. The van der Waals surface area contributed by atoms with Crippen LogP contribution in [-0.4, -0.2) is 36.3 Å². The Balaban J connectivity index is 4.34. The first kappa shape index (κ1) is 15.9. The molecule has 0 aliphatic carbocycles. The van der Waals surface area contributed by atoms with Crippen molar-refractivity contribution in [2.45, 2.75) is 53.0 Å². The predicted molar refractivity (Wildman–Crippen MR) is 70.0 cm³/mol. The molecule has 0 bridgehead atoms. The van der Waals surface area contributed by atoms with E-state index in [1.54, 1.807) is 14.0 Å². The van der Waals surface area contributed by atoms with Crippen LogP contribution in [0.1, 0.15) is 47.0 Å². The van der Waals surface area contributed by atoms with E-state index in [0.717, 1.165) is 12.8 Å². The Hall–Kier alpha value is -1.06. The summed E-state index contributed by atoms with van der Waals surface area (Å²) in [6.07, 6.45) is 2.73. The Bertz CT molecular complexity index is 252. The molecule has 0 rings (SSSR count). The largest absolute Gasteiger partial charge is 0.338 e. The summed E-state index contributed by atoms with van der Waals surface area (Å²) >= 11 is 0. The quantitative estimate of drug-likeness (QED) is 0.697. The lowest BCUT2D eigenvalue weighted by molar-refractivity contribution is -0.121. The highest BCUT2D eigenvalue weighted by atomic mass is 16.2. The predicted octanol–water partition coefficient (Wildman–Crippen LogP) is 2.43. The number of carbonyl (C=O) groups is 2. The fraction of sp³-hybridized carbons (Fsp3) is 0.846. The summed E-state index contributed by atoms with van der Waals surface area (Å²) in [6, 6.07) is -0.462. The van der Waals surface area contributed by atoms with E-state index >= 15 is 0 Å². The fourth-order valence-corrected chi connectivity index (χ4v) is 1.68. The van der Waals surface area contributed by atoms with Gasteiger partial charge in [-0.2, -0.15) is 0 Å². The topological polar surface area (TPSA) is 49.4 Å². The van der Waals surface area contributed by atoms with Gasteiger partial charge in [-0.15, -0.1) is 0 Å². The highest BCUT2D eigenvalue weighted by molar-refractivity contribution is 5.86. The molecule has 100 valence electrons. The number of nitrogens with zero attached hydrogens (tertiary/aromatic N) is 1. The zero-order valence-corrected chi connectivity index (χ0v) is 11.7. The van der Waals surface area contributed by atoms with Crippen LogP contribution in [0.15, 0.2) is 0 Å². The van der Waals surface area contributed by atoms with Gasteiger partial charge in [0.15, 0.2) is 5.78 Å².